The van der Waals surface area contributed by atoms with Crippen LogP contribution in [0.15, 0.2) is 54.7 Å². The van der Waals surface area contributed by atoms with Crippen LogP contribution >= 0.6 is 0 Å². The highest BCUT2D eigenvalue weighted by molar-refractivity contribution is 7.88. The molecule has 5 N–H and O–H groups in total. The molecule has 0 radical (unpaired) electrons. The molecular weight excluding hydrogens is 514 g/mol. The summed E-state index contributed by atoms with van der Waals surface area (Å²) in [5.41, 5.74) is 8.72. The second-order valence-corrected chi connectivity index (χ2v) is 11.1. The Balaban J connectivity index is 1.42. The molecule has 202 valence electrons. The topological polar surface area (TPSA) is 129 Å². The first-order chi connectivity index (χ1) is 18.0. The Morgan fingerprint density at radius 1 is 1.08 bits per heavy atom. The highest BCUT2D eigenvalue weighted by Gasteiger charge is 2.21. The summed E-state index contributed by atoms with van der Waals surface area (Å²) < 4.78 is 52.7. The predicted octanol–water partition coefficient (Wildman–Crippen LogP) is 3.26. The number of nitrogens with two attached hydrogens (primary N) is 1. The van der Waals surface area contributed by atoms with E-state index in [4.69, 9.17) is 5.73 Å². The number of pyridine rings is 1. The van der Waals surface area contributed by atoms with Crippen molar-refractivity contribution in [3.05, 3.63) is 77.5 Å². The fourth-order valence-corrected chi connectivity index (χ4v) is 5.26. The van der Waals surface area contributed by atoms with Gasteiger partial charge in [-0.05, 0) is 54.8 Å². The van der Waals surface area contributed by atoms with Crippen molar-refractivity contribution in [2.45, 2.75) is 31.8 Å². The zero-order chi connectivity index (χ0) is 27.3. The van der Waals surface area contributed by atoms with Crippen LogP contribution in [0.2, 0.25) is 0 Å². The number of amides is 1. The minimum atomic E-state index is -3.21. The van der Waals surface area contributed by atoms with Crippen molar-refractivity contribution in [1.29, 1.82) is 0 Å². The zero-order valence-corrected chi connectivity index (χ0v) is 21.7. The summed E-state index contributed by atoms with van der Waals surface area (Å²) in [6.07, 6.45) is 4.12. The van der Waals surface area contributed by atoms with Crippen LogP contribution in [0.5, 0.6) is 0 Å². The van der Waals surface area contributed by atoms with Crippen molar-refractivity contribution in [2.75, 3.05) is 34.9 Å². The minimum Gasteiger partial charge on any atom is -0.381 e. The van der Waals surface area contributed by atoms with Gasteiger partial charge in [0, 0.05) is 66.6 Å². The van der Waals surface area contributed by atoms with E-state index in [1.165, 1.54) is 24.6 Å². The Morgan fingerprint density at radius 3 is 2.34 bits per heavy atom. The van der Waals surface area contributed by atoms with Gasteiger partial charge in [-0.25, -0.2) is 26.9 Å². The summed E-state index contributed by atoms with van der Waals surface area (Å²) in [5.74, 6) is -1.37. The molecule has 0 atom stereocenters. The number of primary amides is 1. The van der Waals surface area contributed by atoms with Crippen molar-refractivity contribution in [1.82, 2.24) is 9.71 Å². The summed E-state index contributed by atoms with van der Waals surface area (Å²) >= 11 is 0. The lowest BCUT2D eigenvalue weighted by Gasteiger charge is -2.33. The molecule has 1 fully saturated rings. The van der Waals surface area contributed by atoms with Crippen molar-refractivity contribution in [3.8, 4) is 0 Å². The van der Waals surface area contributed by atoms with E-state index < -0.39 is 27.6 Å². The van der Waals surface area contributed by atoms with Crippen molar-refractivity contribution >= 4 is 38.8 Å². The second kappa shape index (κ2) is 11.7. The molecule has 0 bridgehead atoms. The third-order valence-corrected chi connectivity index (χ3v) is 6.90. The monoisotopic (exact) mass is 544 g/mol. The van der Waals surface area contributed by atoms with Crippen LogP contribution in [0.4, 0.5) is 31.7 Å². The van der Waals surface area contributed by atoms with Crippen LogP contribution in [-0.4, -0.2) is 44.7 Å². The molecule has 9 nitrogen and oxygen atoms in total. The maximum Gasteiger partial charge on any atom is 0.221 e. The number of sulfonamides is 1. The molecule has 12 heteroatoms. The van der Waals surface area contributed by atoms with Gasteiger partial charge < -0.3 is 21.3 Å². The number of benzene rings is 2. The van der Waals surface area contributed by atoms with Crippen LogP contribution < -0.4 is 26.0 Å². The van der Waals surface area contributed by atoms with Crippen LogP contribution in [0, 0.1) is 11.6 Å². The Hall–Kier alpha value is -3.77. The molecule has 0 aliphatic carbocycles. The quantitative estimate of drug-likeness (QED) is 0.308. The third-order valence-electron chi connectivity index (χ3n) is 6.14. The number of halogens is 2. The number of nitrogens with zero attached hydrogens (tertiary/aromatic N) is 2. The van der Waals surface area contributed by atoms with Gasteiger partial charge in [-0.15, -0.1) is 0 Å². The first-order valence-electron chi connectivity index (χ1n) is 12.1. The largest absolute Gasteiger partial charge is 0.381 e. The molecule has 0 saturated carbocycles. The van der Waals surface area contributed by atoms with Crippen LogP contribution in [0.3, 0.4) is 0 Å². The van der Waals surface area contributed by atoms with Gasteiger partial charge in [0.2, 0.25) is 15.9 Å². The number of nitrogens with one attached hydrogen (secondary N) is 3. The maximum absolute atomic E-state index is 13.6. The molecule has 1 aliphatic rings. The number of carbonyl (C=O) groups excluding carboxylic acids is 1. The predicted molar refractivity (Wildman–Crippen MR) is 144 cm³/mol. The van der Waals surface area contributed by atoms with E-state index in [0.717, 1.165) is 43.4 Å². The summed E-state index contributed by atoms with van der Waals surface area (Å²) in [6.45, 7) is 1.62. The Morgan fingerprint density at radius 2 is 1.74 bits per heavy atom. The van der Waals surface area contributed by atoms with Gasteiger partial charge in [-0.2, -0.15) is 0 Å². The number of hydrogen-bond donors (Lipinski definition) is 4. The summed E-state index contributed by atoms with van der Waals surface area (Å²) in [7, 11) is -3.21. The average Bonchev–Trinajstić information content (AvgIpc) is 2.83. The molecule has 2 heterocycles. The van der Waals surface area contributed by atoms with Gasteiger partial charge in [0.1, 0.15) is 17.5 Å². The molecule has 0 spiro atoms. The van der Waals surface area contributed by atoms with E-state index >= 15 is 0 Å². The number of aromatic nitrogens is 1. The number of piperidine rings is 1. The van der Waals surface area contributed by atoms with Gasteiger partial charge in [-0.3, -0.25) is 4.79 Å². The first-order valence-corrected chi connectivity index (χ1v) is 14.0. The molecule has 0 unspecified atom stereocenters. The summed E-state index contributed by atoms with van der Waals surface area (Å²) in [6, 6.07) is 12.7. The molecule has 1 aliphatic heterocycles. The maximum atomic E-state index is 13.6. The minimum absolute atomic E-state index is 0.0434. The zero-order valence-electron chi connectivity index (χ0n) is 20.9. The van der Waals surface area contributed by atoms with E-state index in [1.54, 1.807) is 6.07 Å². The number of carbonyl (C=O) groups is 1. The van der Waals surface area contributed by atoms with E-state index in [0.29, 0.717) is 22.6 Å². The van der Waals surface area contributed by atoms with Crippen LogP contribution in [0.25, 0.3) is 0 Å². The van der Waals surface area contributed by atoms with E-state index in [-0.39, 0.29) is 19.0 Å². The van der Waals surface area contributed by atoms with E-state index in [9.17, 15) is 22.0 Å². The van der Waals surface area contributed by atoms with Crippen LogP contribution in [0.1, 0.15) is 24.0 Å². The standard InChI is InChI=1S/C26H30F2N6O3S/c1-38(36,37)33-22-6-8-34(9-7-22)23-4-2-21(3-5-23)32-26-14-24(18(16-31-26)12-25(29)35)30-15-17-10-19(27)13-20(28)11-17/h2-5,10-11,13-14,16,22,33H,6-9,12,15H2,1H3,(H2,29,35)(H2,30,31,32). The van der Waals surface area contributed by atoms with Gasteiger partial charge in [0.05, 0.1) is 12.7 Å². The molecule has 38 heavy (non-hydrogen) atoms. The van der Waals surface area contributed by atoms with Crippen molar-refractivity contribution in [3.63, 3.8) is 0 Å². The Labute approximate surface area is 220 Å². The molecule has 1 aromatic heterocycles. The number of anilines is 4. The molecule has 1 saturated heterocycles. The van der Waals surface area contributed by atoms with Gasteiger partial charge >= 0.3 is 0 Å². The highest BCUT2D eigenvalue weighted by Crippen LogP contribution is 2.26. The van der Waals surface area contributed by atoms with E-state index in [2.05, 4.69) is 25.2 Å². The SMILES string of the molecule is CS(=O)(=O)NC1CCN(c2ccc(Nc3cc(NCc4cc(F)cc(F)c4)c(CC(N)=O)cn3)cc2)CC1. The lowest BCUT2D eigenvalue weighted by Crippen LogP contribution is -2.44. The van der Waals surface area contributed by atoms with E-state index in [1.807, 2.05) is 24.3 Å². The highest BCUT2D eigenvalue weighted by atomic mass is 32.2. The van der Waals surface area contributed by atoms with Gasteiger partial charge in [0.15, 0.2) is 0 Å². The fourth-order valence-electron chi connectivity index (χ4n) is 4.42. The Kier molecular flexibility index (Phi) is 8.42. The van der Waals surface area contributed by atoms with Crippen LogP contribution in [-0.2, 0) is 27.8 Å². The van der Waals surface area contributed by atoms with Crippen molar-refractivity contribution < 1.29 is 22.0 Å². The molecule has 1 amide bonds. The summed E-state index contributed by atoms with van der Waals surface area (Å²) in [5, 5.41) is 6.34. The summed E-state index contributed by atoms with van der Waals surface area (Å²) in [4.78, 5) is 18.1. The second-order valence-electron chi connectivity index (χ2n) is 9.32. The number of rotatable bonds is 10. The normalized spacial score (nSPS) is 14.3. The molecule has 2 aromatic carbocycles. The molecule has 3 aromatic rings. The number of hydrogen-bond acceptors (Lipinski definition) is 7. The third kappa shape index (κ3) is 7.86. The smallest absolute Gasteiger partial charge is 0.221 e. The molecule has 4 rings (SSSR count). The van der Waals surface area contributed by atoms with Crippen molar-refractivity contribution in [2.24, 2.45) is 5.73 Å². The lowest BCUT2D eigenvalue weighted by molar-refractivity contribution is -0.117. The first kappa shape index (κ1) is 27.3. The average molecular weight is 545 g/mol. The Bertz CT molecular complexity index is 1370. The van der Waals surface area contributed by atoms with Gasteiger partial charge in [0.25, 0.3) is 0 Å². The molecular formula is C26H30F2N6O3S. The lowest BCUT2D eigenvalue weighted by atomic mass is 10.1. The fraction of sp³-hybridized carbons (Fsp3) is 0.308. The van der Waals surface area contributed by atoms with Gasteiger partial charge in [-0.1, -0.05) is 0 Å².